The number of methoxy groups -OCH3 is 3. The second-order valence-corrected chi connectivity index (χ2v) is 6.54. The molecule has 0 radical (unpaired) electrons. The van der Waals surface area contributed by atoms with Crippen molar-refractivity contribution in [2.45, 2.75) is 13.0 Å². The highest BCUT2D eigenvalue weighted by molar-refractivity contribution is 6.35. The SMILES string of the molecule is COc1cc(C(=O)NNC(=O)[C@H](C)Oc2ccc(Cl)cc2Cl)cc(OC)c1OC. The zero-order chi connectivity index (χ0) is 21.6. The van der Waals surface area contributed by atoms with E-state index in [1.807, 2.05) is 0 Å². The van der Waals surface area contributed by atoms with Crippen LogP contribution in [0.25, 0.3) is 0 Å². The number of hydrogen-bond donors (Lipinski definition) is 2. The van der Waals surface area contributed by atoms with Crippen molar-refractivity contribution in [1.82, 2.24) is 10.9 Å². The summed E-state index contributed by atoms with van der Waals surface area (Å²) in [4.78, 5) is 24.6. The highest BCUT2D eigenvalue weighted by Crippen LogP contribution is 2.38. The van der Waals surface area contributed by atoms with Crippen LogP contribution in [0.1, 0.15) is 17.3 Å². The lowest BCUT2D eigenvalue weighted by Crippen LogP contribution is -2.47. The Morgan fingerprint density at radius 3 is 2.03 bits per heavy atom. The Morgan fingerprint density at radius 2 is 1.52 bits per heavy atom. The maximum absolute atomic E-state index is 12.4. The molecule has 10 heteroatoms. The van der Waals surface area contributed by atoms with Crippen molar-refractivity contribution in [3.05, 3.63) is 45.9 Å². The molecule has 0 aliphatic carbocycles. The Morgan fingerprint density at radius 1 is 0.897 bits per heavy atom. The van der Waals surface area contributed by atoms with Crippen molar-refractivity contribution in [3.8, 4) is 23.0 Å². The van der Waals surface area contributed by atoms with Gasteiger partial charge in [0.05, 0.1) is 26.4 Å². The molecule has 156 valence electrons. The lowest BCUT2D eigenvalue weighted by molar-refractivity contribution is -0.128. The molecule has 0 aromatic heterocycles. The van der Waals surface area contributed by atoms with Crippen LogP contribution in [0, 0.1) is 0 Å². The van der Waals surface area contributed by atoms with E-state index in [0.717, 1.165) is 0 Å². The Kier molecular flexibility index (Phi) is 7.81. The third-order valence-corrected chi connectivity index (χ3v) is 4.32. The number of halogens is 2. The van der Waals surface area contributed by atoms with Gasteiger partial charge < -0.3 is 18.9 Å². The number of carbonyl (C=O) groups is 2. The maximum Gasteiger partial charge on any atom is 0.279 e. The normalized spacial score (nSPS) is 11.2. The van der Waals surface area contributed by atoms with Crippen LogP contribution in [0.2, 0.25) is 10.0 Å². The van der Waals surface area contributed by atoms with Crippen molar-refractivity contribution in [2.75, 3.05) is 21.3 Å². The van der Waals surface area contributed by atoms with E-state index >= 15 is 0 Å². The summed E-state index contributed by atoms with van der Waals surface area (Å²) in [6, 6.07) is 7.53. The smallest absolute Gasteiger partial charge is 0.279 e. The summed E-state index contributed by atoms with van der Waals surface area (Å²) in [7, 11) is 4.32. The fraction of sp³-hybridized carbons (Fsp3) is 0.263. The van der Waals surface area contributed by atoms with E-state index in [1.165, 1.54) is 46.5 Å². The first-order valence-corrected chi connectivity index (χ1v) is 9.08. The number of amides is 2. The number of nitrogens with one attached hydrogen (secondary N) is 2. The van der Waals surface area contributed by atoms with E-state index in [2.05, 4.69) is 10.9 Å². The first-order chi connectivity index (χ1) is 13.8. The fourth-order valence-electron chi connectivity index (χ4n) is 2.32. The van der Waals surface area contributed by atoms with Crippen molar-refractivity contribution in [3.63, 3.8) is 0 Å². The van der Waals surface area contributed by atoms with E-state index < -0.39 is 17.9 Å². The number of hydrogen-bond acceptors (Lipinski definition) is 6. The third kappa shape index (κ3) is 5.58. The molecule has 0 aliphatic rings. The van der Waals surface area contributed by atoms with Crippen LogP contribution in [0.15, 0.2) is 30.3 Å². The minimum atomic E-state index is -0.936. The van der Waals surface area contributed by atoms with Crippen LogP contribution in [0.3, 0.4) is 0 Å². The molecule has 2 rings (SSSR count). The number of carbonyl (C=O) groups excluding carboxylic acids is 2. The fourth-order valence-corrected chi connectivity index (χ4v) is 2.77. The lowest BCUT2D eigenvalue weighted by atomic mass is 10.1. The van der Waals surface area contributed by atoms with Gasteiger partial charge in [-0.05, 0) is 37.3 Å². The monoisotopic (exact) mass is 442 g/mol. The van der Waals surface area contributed by atoms with Gasteiger partial charge in [0.15, 0.2) is 17.6 Å². The summed E-state index contributed by atoms with van der Waals surface area (Å²) in [5.74, 6) is 0.0630. The van der Waals surface area contributed by atoms with Crippen LogP contribution in [0.4, 0.5) is 0 Å². The molecule has 2 aromatic carbocycles. The van der Waals surface area contributed by atoms with Gasteiger partial charge in [-0.25, -0.2) is 0 Å². The summed E-state index contributed by atoms with van der Waals surface area (Å²) >= 11 is 11.9. The molecule has 0 bridgehead atoms. The number of benzene rings is 2. The Bertz CT molecular complexity index is 881. The molecule has 2 N–H and O–H groups in total. The van der Waals surface area contributed by atoms with E-state index in [0.29, 0.717) is 22.3 Å². The summed E-state index contributed by atoms with van der Waals surface area (Å²) < 4.78 is 21.1. The number of ether oxygens (including phenoxy) is 4. The highest BCUT2D eigenvalue weighted by atomic mass is 35.5. The predicted molar refractivity (Wildman–Crippen MR) is 108 cm³/mol. The molecule has 0 saturated carbocycles. The van der Waals surface area contributed by atoms with Crippen molar-refractivity contribution in [1.29, 1.82) is 0 Å². The second kappa shape index (κ2) is 10.1. The number of rotatable bonds is 7. The summed E-state index contributed by atoms with van der Waals surface area (Å²) in [5.41, 5.74) is 4.78. The predicted octanol–water partition coefficient (Wildman–Crippen LogP) is 3.25. The lowest BCUT2D eigenvalue weighted by Gasteiger charge is -2.17. The quantitative estimate of drug-likeness (QED) is 0.639. The van der Waals surface area contributed by atoms with Crippen LogP contribution >= 0.6 is 23.2 Å². The van der Waals surface area contributed by atoms with Gasteiger partial charge in [-0.2, -0.15) is 0 Å². The van der Waals surface area contributed by atoms with Gasteiger partial charge in [0, 0.05) is 10.6 Å². The largest absolute Gasteiger partial charge is 0.493 e. The van der Waals surface area contributed by atoms with Crippen LogP contribution in [-0.2, 0) is 4.79 Å². The zero-order valence-corrected chi connectivity index (χ0v) is 17.7. The Hall–Kier alpha value is -2.84. The topological polar surface area (TPSA) is 95.1 Å². The molecular formula is C19H20Cl2N2O6. The van der Waals surface area contributed by atoms with Gasteiger partial charge in [-0.1, -0.05) is 23.2 Å². The Balaban J connectivity index is 2.03. The molecule has 0 saturated heterocycles. The maximum atomic E-state index is 12.4. The van der Waals surface area contributed by atoms with Gasteiger partial charge >= 0.3 is 0 Å². The first-order valence-electron chi connectivity index (χ1n) is 8.32. The summed E-state index contributed by atoms with van der Waals surface area (Å²) in [5, 5.41) is 0.704. The molecule has 1 atom stereocenters. The van der Waals surface area contributed by atoms with Gasteiger partial charge in [-0.3, -0.25) is 20.4 Å². The molecular weight excluding hydrogens is 423 g/mol. The third-order valence-electron chi connectivity index (χ3n) is 3.79. The highest BCUT2D eigenvalue weighted by Gasteiger charge is 2.20. The van der Waals surface area contributed by atoms with Crippen LogP contribution < -0.4 is 29.8 Å². The molecule has 29 heavy (non-hydrogen) atoms. The van der Waals surface area contributed by atoms with Gasteiger partial charge in [-0.15, -0.1) is 0 Å². The van der Waals surface area contributed by atoms with Crippen LogP contribution in [0.5, 0.6) is 23.0 Å². The van der Waals surface area contributed by atoms with E-state index in [9.17, 15) is 9.59 Å². The van der Waals surface area contributed by atoms with Crippen molar-refractivity contribution < 1.29 is 28.5 Å². The van der Waals surface area contributed by atoms with Crippen molar-refractivity contribution in [2.24, 2.45) is 0 Å². The Labute approximate surface area is 177 Å². The standard InChI is InChI=1S/C19H20Cl2N2O6/c1-10(29-14-6-5-12(20)9-13(14)21)18(24)22-23-19(25)11-7-15(26-2)17(28-4)16(8-11)27-3/h5-10H,1-4H3,(H,22,24)(H,23,25)/t10-/m0/s1. The second-order valence-electron chi connectivity index (χ2n) is 5.69. The van der Waals surface area contributed by atoms with Gasteiger partial charge in [0.25, 0.3) is 11.8 Å². The first kappa shape index (κ1) is 22.4. The van der Waals surface area contributed by atoms with Gasteiger partial charge in [0.1, 0.15) is 5.75 Å². The molecule has 0 unspecified atom stereocenters. The van der Waals surface area contributed by atoms with E-state index in [-0.39, 0.29) is 16.3 Å². The molecule has 0 aliphatic heterocycles. The van der Waals surface area contributed by atoms with Gasteiger partial charge in [0.2, 0.25) is 5.75 Å². The van der Waals surface area contributed by atoms with E-state index in [4.69, 9.17) is 42.1 Å². The summed E-state index contributed by atoms with van der Waals surface area (Å²) in [6.07, 6.45) is -0.936. The summed E-state index contributed by atoms with van der Waals surface area (Å²) in [6.45, 7) is 1.51. The number of hydrazine groups is 1. The molecule has 0 spiro atoms. The molecule has 2 aromatic rings. The molecule has 8 nitrogen and oxygen atoms in total. The van der Waals surface area contributed by atoms with E-state index in [1.54, 1.807) is 12.1 Å². The minimum absolute atomic E-state index is 0.189. The minimum Gasteiger partial charge on any atom is -0.493 e. The average molecular weight is 443 g/mol. The zero-order valence-electron chi connectivity index (χ0n) is 16.2. The van der Waals surface area contributed by atoms with Crippen molar-refractivity contribution >= 4 is 35.0 Å². The molecule has 0 heterocycles. The molecule has 0 fully saturated rings. The average Bonchev–Trinajstić information content (AvgIpc) is 2.72. The molecule has 2 amide bonds. The van der Waals surface area contributed by atoms with Crippen LogP contribution in [-0.4, -0.2) is 39.2 Å².